The molecule has 3 saturated heterocycles. The number of carbonyl (C=O) groups excluding carboxylic acids is 1. The fourth-order valence-corrected chi connectivity index (χ4v) is 7.34. The topological polar surface area (TPSA) is 59.0 Å². The number of ether oxygens (including phenoxy) is 2. The number of rotatable bonds is 10. The van der Waals surface area contributed by atoms with E-state index in [1.807, 2.05) is 61.3 Å². The molecule has 0 spiro atoms. The first-order chi connectivity index (χ1) is 17.4. The lowest BCUT2D eigenvalue weighted by Gasteiger charge is -2.52. The predicted octanol–water partition coefficient (Wildman–Crippen LogP) is 4.73. The van der Waals surface area contributed by atoms with E-state index in [9.17, 15) is 9.90 Å². The normalized spacial score (nSPS) is 23.4. The van der Waals surface area contributed by atoms with Crippen LogP contribution in [-0.4, -0.2) is 68.5 Å². The van der Waals surface area contributed by atoms with Crippen molar-refractivity contribution in [3.63, 3.8) is 0 Å². The summed E-state index contributed by atoms with van der Waals surface area (Å²) >= 11 is 2.76. The van der Waals surface area contributed by atoms with Crippen LogP contribution < -0.4 is 9.64 Å². The molecule has 0 aliphatic carbocycles. The van der Waals surface area contributed by atoms with Crippen molar-refractivity contribution >= 4 is 34.3 Å². The lowest BCUT2D eigenvalue weighted by atomic mass is 9.83. The van der Waals surface area contributed by atoms with Crippen LogP contribution in [0, 0.1) is 5.92 Å². The second-order valence-electron chi connectivity index (χ2n) is 10.2. The van der Waals surface area contributed by atoms with E-state index in [1.54, 1.807) is 0 Å². The predicted molar refractivity (Wildman–Crippen MR) is 145 cm³/mol. The van der Waals surface area contributed by atoms with E-state index in [0.717, 1.165) is 61.4 Å². The van der Waals surface area contributed by atoms with Crippen LogP contribution in [0.4, 0.5) is 5.69 Å². The average Bonchev–Trinajstić information content (AvgIpc) is 3.63. The fourth-order valence-electron chi connectivity index (χ4n) is 5.62. The van der Waals surface area contributed by atoms with Crippen molar-refractivity contribution in [2.24, 2.45) is 5.92 Å². The highest BCUT2D eigenvalue weighted by molar-refractivity contribution is 7.12. The summed E-state index contributed by atoms with van der Waals surface area (Å²) in [4.78, 5) is 16.8. The summed E-state index contributed by atoms with van der Waals surface area (Å²) in [5, 5.41) is 15.4. The van der Waals surface area contributed by atoms with Gasteiger partial charge in [0.2, 0.25) is 5.60 Å². The summed E-state index contributed by atoms with van der Waals surface area (Å²) in [6.45, 7) is 4.73. The van der Waals surface area contributed by atoms with E-state index < -0.39 is 11.6 Å². The van der Waals surface area contributed by atoms with Crippen molar-refractivity contribution < 1.29 is 23.9 Å². The maximum Gasteiger partial charge on any atom is 0.349 e. The Morgan fingerprint density at radius 1 is 1.08 bits per heavy atom. The van der Waals surface area contributed by atoms with Crippen LogP contribution >= 0.6 is 22.7 Å². The minimum Gasteiger partial charge on any atom is -0.493 e. The molecule has 2 aromatic heterocycles. The van der Waals surface area contributed by atoms with Gasteiger partial charge in [-0.2, -0.15) is 0 Å². The molecular weight excluding hydrogens is 492 g/mol. The summed E-state index contributed by atoms with van der Waals surface area (Å²) in [5.41, 5.74) is -0.615. The molecular formula is C28H35N2O4S2+. The Labute approximate surface area is 221 Å². The van der Waals surface area contributed by atoms with Crippen molar-refractivity contribution in [3.05, 3.63) is 69.0 Å². The van der Waals surface area contributed by atoms with Crippen molar-refractivity contribution in [3.8, 4) is 5.75 Å². The largest absolute Gasteiger partial charge is 0.493 e. The summed E-state index contributed by atoms with van der Waals surface area (Å²) < 4.78 is 13.2. The fraction of sp³-hybridized carbons (Fsp3) is 0.464. The monoisotopic (exact) mass is 527 g/mol. The molecule has 2 bridgehead atoms. The van der Waals surface area contributed by atoms with Crippen molar-refractivity contribution in [1.82, 2.24) is 0 Å². The van der Waals surface area contributed by atoms with Gasteiger partial charge in [-0.1, -0.05) is 18.2 Å². The van der Waals surface area contributed by atoms with Gasteiger partial charge in [-0.25, -0.2) is 4.79 Å². The molecule has 0 saturated carbocycles. The number of quaternary nitrogens is 1. The molecule has 0 radical (unpaired) electrons. The molecule has 3 fully saturated rings. The van der Waals surface area contributed by atoms with E-state index in [4.69, 9.17) is 9.47 Å². The molecule has 1 aromatic carbocycles. The molecule has 0 amide bonds. The Hall–Kier alpha value is -2.39. The number of carbonyl (C=O) groups is 1. The molecule has 1 N–H and O–H groups in total. The molecule has 1 atom stereocenters. The number of hydrogen-bond donors (Lipinski definition) is 1. The van der Waals surface area contributed by atoms with Crippen molar-refractivity contribution in [2.45, 2.75) is 31.0 Å². The number of aliphatic hydroxyl groups is 1. The lowest BCUT2D eigenvalue weighted by molar-refractivity contribution is -0.946. The first kappa shape index (κ1) is 25.3. The lowest BCUT2D eigenvalue weighted by Crippen LogP contribution is -2.65. The standard InChI is InChI=1S/C28H35N2O4S2/c1-29(2)22-7-3-8-23(19-22)33-16-6-13-30-14-11-21(12-15-30)24(20-30)34-27(31)28(32,25-9-4-17-35-25)26-10-5-18-36-26/h3-5,7-10,17-19,21,24,32H,6,11-16,20H2,1-2H3/q+1. The maximum absolute atomic E-state index is 13.5. The number of hydrogen-bond acceptors (Lipinski definition) is 7. The third kappa shape index (κ3) is 5.05. The van der Waals surface area contributed by atoms with Crippen LogP contribution in [0.5, 0.6) is 5.75 Å². The van der Waals surface area contributed by atoms with Gasteiger partial charge < -0.3 is 24.0 Å². The van der Waals surface area contributed by atoms with Crippen molar-refractivity contribution in [1.29, 1.82) is 0 Å². The highest BCUT2D eigenvalue weighted by Crippen LogP contribution is 2.40. The number of benzene rings is 1. The number of piperidine rings is 3. The molecule has 1 unspecified atom stereocenters. The van der Waals surface area contributed by atoms with Crippen LogP contribution in [0.1, 0.15) is 29.0 Å². The molecule has 3 aromatic rings. The quantitative estimate of drug-likeness (QED) is 0.235. The zero-order chi connectivity index (χ0) is 25.2. The number of esters is 1. The van der Waals surface area contributed by atoms with Gasteiger partial charge in [0.05, 0.1) is 36.0 Å². The minimum atomic E-state index is -1.74. The molecule has 6 nitrogen and oxygen atoms in total. The first-order valence-corrected chi connectivity index (χ1v) is 14.4. The highest BCUT2D eigenvalue weighted by Gasteiger charge is 2.51. The van der Waals surface area contributed by atoms with Gasteiger partial charge in [0.1, 0.15) is 12.3 Å². The summed E-state index contributed by atoms with van der Waals surface area (Å²) in [7, 11) is 4.06. The van der Waals surface area contributed by atoms with Crippen LogP contribution in [0.25, 0.3) is 0 Å². The van der Waals surface area contributed by atoms with E-state index in [2.05, 4.69) is 17.0 Å². The van der Waals surface area contributed by atoms with Crippen LogP contribution in [0.2, 0.25) is 0 Å². The zero-order valence-electron chi connectivity index (χ0n) is 21.0. The Morgan fingerprint density at radius 2 is 1.78 bits per heavy atom. The van der Waals surface area contributed by atoms with Gasteiger partial charge >= 0.3 is 5.97 Å². The van der Waals surface area contributed by atoms with Gasteiger partial charge in [0.25, 0.3) is 0 Å². The molecule has 3 aliphatic rings. The Morgan fingerprint density at radius 3 is 2.39 bits per heavy atom. The minimum absolute atomic E-state index is 0.163. The molecule has 36 heavy (non-hydrogen) atoms. The highest BCUT2D eigenvalue weighted by atomic mass is 32.1. The Kier molecular flexibility index (Phi) is 7.40. The van der Waals surface area contributed by atoms with Gasteiger partial charge in [0, 0.05) is 51.0 Å². The van der Waals surface area contributed by atoms with E-state index in [1.165, 1.54) is 22.7 Å². The van der Waals surface area contributed by atoms with Crippen molar-refractivity contribution in [2.75, 3.05) is 51.8 Å². The Bertz CT molecular complexity index is 1100. The van der Waals surface area contributed by atoms with Gasteiger partial charge in [0.15, 0.2) is 6.10 Å². The second-order valence-corrected chi connectivity index (χ2v) is 12.1. The number of nitrogens with zero attached hydrogens (tertiary/aromatic N) is 2. The van der Waals surface area contributed by atoms with Crippen LogP contribution in [0.15, 0.2) is 59.3 Å². The Balaban J connectivity index is 1.21. The van der Waals surface area contributed by atoms with E-state index in [0.29, 0.717) is 22.3 Å². The number of fused-ring (bicyclic) bond motifs is 3. The van der Waals surface area contributed by atoms with Crippen LogP contribution in [0.3, 0.4) is 0 Å². The molecule has 5 heterocycles. The zero-order valence-corrected chi connectivity index (χ0v) is 22.6. The summed E-state index contributed by atoms with van der Waals surface area (Å²) in [5.74, 6) is 0.718. The summed E-state index contributed by atoms with van der Waals surface area (Å²) in [6.07, 6.45) is 2.90. The summed E-state index contributed by atoms with van der Waals surface area (Å²) in [6, 6.07) is 15.5. The van der Waals surface area contributed by atoms with Gasteiger partial charge in [-0.05, 0) is 35.0 Å². The number of anilines is 1. The first-order valence-electron chi connectivity index (χ1n) is 12.7. The molecule has 8 heteroatoms. The maximum atomic E-state index is 13.5. The second kappa shape index (κ2) is 10.5. The third-order valence-corrected chi connectivity index (χ3v) is 9.69. The van der Waals surface area contributed by atoms with E-state index >= 15 is 0 Å². The molecule has 192 valence electrons. The SMILES string of the molecule is CN(C)c1cccc(OCCC[N+]23CCC(CC2)C(OC(=O)C(O)(c2cccs2)c2cccs2)C3)c1. The molecule has 3 aliphatic heterocycles. The van der Waals surface area contributed by atoms with Gasteiger partial charge in [-0.15, -0.1) is 22.7 Å². The van der Waals surface area contributed by atoms with E-state index in [-0.39, 0.29) is 6.10 Å². The smallest absolute Gasteiger partial charge is 0.349 e. The third-order valence-electron chi connectivity index (χ3n) is 7.73. The molecule has 6 rings (SSSR count). The van der Waals surface area contributed by atoms with Crippen LogP contribution in [-0.2, 0) is 15.1 Å². The number of thiophene rings is 2. The van der Waals surface area contributed by atoms with Gasteiger partial charge in [-0.3, -0.25) is 0 Å². The average molecular weight is 528 g/mol.